The van der Waals surface area contributed by atoms with Crippen molar-refractivity contribution < 1.29 is 14.9 Å². The van der Waals surface area contributed by atoms with Gasteiger partial charge in [0.2, 0.25) is 0 Å². The largest absolute Gasteiger partial charge is 0.387 e. The van der Waals surface area contributed by atoms with E-state index in [1.54, 1.807) is 13.8 Å². The van der Waals surface area contributed by atoms with Crippen LogP contribution < -0.4 is 0 Å². The number of rotatable bonds is 0. The van der Waals surface area contributed by atoms with Gasteiger partial charge in [-0.3, -0.25) is 0 Å². The van der Waals surface area contributed by atoms with Crippen LogP contribution in [-0.4, -0.2) is 33.1 Å². The highest BCUT2D eigenvalue weighted by Crippen LogP contribution is 2.60. The highest BCUT2D eigenvalue weighted by Gasteiger charge is 2.75. The maximum absolute atomic E-state index is 10.3. The van der Waals surface area contributed by atoms with Crippen molar-refractivity contribution in [2.24, 2.45) is 5.92 Å². The summed E-state index contributed by atoms with van der Waals surface area (Å²) >= 11 is 0. The molecule has 1 saturated heterocycles. The molecule has 5 atom stereocenters. The highest BCUT2D eigenvalue weighted by molar-refractivity contribution is 5.25. The van der Waals surface area contributed by atoms with Crippen LogP contribution in [0.5, 0.6) is 0 Å². The Labute approximate surface area is 78.7 Å². The lowest BCUT2D eigenvalue weighted by Gasteiger charge is -2.58. The zero-order valence-corrected chi connectivity index (χ0v) is 8.66. The van der Waals surface area contributed by atoms with E-state index in [0.29, 0.717) is 6.42 Å². The van der Waals surface area contributed by atoms with Crippen LogP contribution in [0.2, 0.25) is 0 Å². The molecule has 1 aliphatic carbocycles. The van der Waals surface area contributed by atoms with Gasteiger partial charge in [0.25, 0.3) is 0 Å². The van der Waals surface area contributed by atoms with Crippen LogP contribution in [0.25, 0.3) is 0 Å². The summed E-state index contributed by atoms with van der Waals surface area (Å²) in [6, 6.07) is 0. The normalized spacial score (nSPS) is 66.0. The molecule has 2 rings (SSSR count). The van der Waals surface area contributed by atoms with E-state index in [2.05, 4.69) is 0 Å². The van der Waals surface area contributed by atoms with E-state index in [4.69, 9.17) is 4.74 Å². The van der Waals surface area contributed by atoms with E-state index < -0.39 is 16.8 Å². The van der Waals surface area contributed by atoms with E-state index in [-0.39, 0.29) is 12.0 Å². The molecule has 0 spiro atoms. The van der Waals surface area contributed by atoms with Crippen LogP contribution in [-0.2, 0) is 4.74 Å². The van der Waals surface area contributed by atoms with Gasteiger partial charge in [-0.2, -0.15) is 0 Å². The Morgan fingerprint density at radius 1 is 1.23 bits per heavy atom. The van der Waals surface area contributed by atoms with Crippen molar-refractivity contribution in [2.45, 2.75) is 57.0 Å². The van der Waals surface area contributed by atoms with Gasteiger partial charge >= 0.3 is 0 Å². The molecule has 1 saturated carbocycles. The number of aliphatic hydroxyl groups is 2. The van der Waals surface area contributed by atoms with Crippen molar-refractivity contribution in [1.82, 2.24) is 0 Å². The molecule has 2 fully saturated rings. The lowest BCUT2D eigenvalue weighted by atomic mass is 9.71. The van der Waals surface area contributed by atoms with Gasteiger partial charge in [0.1, 0.15) is 11.2 Å². The molecule has 76 valence electrons. The molecule has 2 N–H and O–H groups in total. The molecule has 3 nitrogen and oxygen atoms in total. The minimum atomic E-state index is -0.922. The monoisotopic (exact) mass is 186 g/mol. The van der Waals surface area contributed by atoms with Crippen LogP contribution in [0.1, 0.15) is 34.1 Å². The van der Waals surface area contributed by atoms with Crippen molar-refractivity contribution in [2.75, 3.05) is 0 Å². The second-order valence-electron chi connectivity index (χ2n) is 4.97. The third-order valence-corrected chi connectivity index (χ3v) is 4.45. The number of fused-ring (bicyclic) bond motifs is 1. The second kappa shape index (κ2) is 2.10. The third-order valence-electron chi connectivity index (χ3n) is 4.45. The van der Waals surface area contributed by atoms with Gasteiger partial charge in [0, 0.05) is 0 Å². The summed E-state index contributed by atoms with van der Waals surface area (Å²) in [5.74, 6) is 0.0763. The number of hydrogen-bond acceptors (Lipinski definition) is 3. The first-order valence-corrected chi connectivity index (χ1v) is 4.88. The fourth-order valence-corrected chi connectivity index (χ4v) is 2.94. The molecule has 0 radical (unpaired) electrons. The number of hydrogen-bond donors (Lipinski definition) is 2. The lowest BCUT2D eigenvalue weighted by molar-refractivity contribution is -0.360. The molecule has 0 aromatic rings. The van der Waals surface area contributed by atoms with Crippen LogP contribution in [0, 0.1) is 5.92 Å². The second-order valence-corrected chi connectivity index (χ2v) is 4.97. The summed E-state index contributed by atoms with van der Waals surface area (Å²) in [4.78, 5) is 0. The Bertz CT molecular complexity index is 251. The summed E-state index contributed by atoms with van der Waals surface area (Å²) in [6.45, 7) is 7.37. The fourth-order valence-electron chi connectivity index (χ4n) is 2.94. The van der Waals surface area contributed by atoms with Crippen LogP contribution in [0.4, 0.5) is 0 Å². The van der Waals surface area contributed by atoms with Gasteiger partial charge in [-0.25, -0.2) is 0 Å². The molecular formula is C10H18O3. The smallest absolute Gasteiger partial charge is 0.125 e. The van der Waals surface area contributed by atoms with Gasteiger partial charge in [-0.15, -0.1) is 0 Å². The molecule has 2 unspecified atom stereocenters. The lowest BCUT2D eigenvalue weighted by Crippen LogP contribution is -2.75. The maximum Gasteiger partial charge on any atom is 0.125 e. The predicted octanol–water partition coefficient (Wildman–Crippen LogP) is 0.686. The molecule has 1 aliphatic heterocycles. The predicted molar refractivity (Wildman–Crippen MR) is 48.3 cm³/mol. The minimum Gasteiger partial charge on any atom is -0.387 e. The SMILES string of the molecule is CC1C[C@]2(O)C(C)O[C@]2(C)[C@@]1(C)O. The van der Waals surface area contributed by atoms with Crippen LogP contribution in [0.3, 0.4) is 0 Å². The Kier molecular flexibility index (Phi) is 1.52. The summed E-state index contributed by atoms with van der Waals surface area (Å²) in [7, 11) is 0. The Morgan fingerprint density at radius 3 is 2.08 bits per heavy atom. The van der Waals surface area contributed by atoms with Gasteiger partial charge in [-0.05, 0) is 33.1 Å². The van der Waals surface area contributed by atoms with Crippen molar-refractivity contribution in [3.63, 3.8) is 0 Å². The first-order chi connectivity index (χ1) is 5.76. The van der Waals surface area contributed by atoms with Gasteiger partial charge in [0.15, 0.2) is 0 Å². The Hall–Kier alpha value is -0.120. The van der Waals surface area contributed by atoms with Crippen molar-refractivity contribution in [1.29, 1.82) is 0 Å². The summed E-state index contributed by atoms with van der Waals surface area (Å²) in [6.07, 6.45) is 0.464. The Balaban J connectivity index is 2.42. The highest BCUT2D eigenvalue weighted by atomic mass is 16.6. The molecule has 13 heavy (non-hydrogen) atoms. The molecule has 2 aliphatic rings. The van der Waals surface area contributed by atoms with Crippen molar-refractivity contribution in [3.8, 4) is 0 Å². The number of ether oxygens (including phenoxy) is 1. The van der Waals surface area contributed by atoms with Gasteiger partial charge in [-0.1, -0.05) is 6.92 Å². The summed E-state index contributed by atoms with van der Waals surface area (Å²) < 4.78 is 5.54. The molecule has 0 aromatic heterocycles. The van der Waals surface area contributed by atoms with Crippen LogP contribution in [0.15, 0.2) is 0 Å². The van der Waals surface area contributed by atoms with Gasteiger partial charge < -0.3 is 14.9 Å². The minimum absolute atomic E-state index is 0.0763. The average molecular weight is 186 g/mol. The third kappa shape index (κ3) is 0.729. The van der Waals surface area contributed by atoms with E-state index in [0.717, 1.165) is 0 Å². The molecule has 3 heteroatoms. The topological polar surface area (TPSA) is 49.7 Å². The zero-order valence-electron chi connectivity index (χ0n) is 8.66. The standard InChI is InChI=1S/C10H18O3/c1-6-5-10(12)7(2)13-9(10,4)8(6,3)11/h6-7,11-12H,5H2,1-4H3/t6?,7?,8-,9+,10-/m0/s1. The maximum atomic E-state index is 10.3. The molecule has 0 aromatic carbocycles. The molecule has 1 heterocycles. The molecule has 0 amide bonds. The van der Waals surface area contributed by atoms with E-state index in [1.807, 2.05) is 13.8 Å². The quantitative estimate of drug-likeness (QED) is 0.585. The zero-order chi connectivity index (χ0) is 10.1. The van der Waals surface area contributed by atoms with E-state index >= 15 is 0 Å². The first-order valence-electron chi connectivity index (χ1n) is 4.88. The van der Waals surface area contributed by atoms with Crippen LogP contribution >= 0.6 is 0 Å². The first kappa shape index (κ1) is 9.44. The molecular weight excluding hydrogens is 168 g/mol. The van der Waals surface area contributed by atoms with Gasteiger partial charge in [0.05, 0.1) is 11.7 Å². The summed E-state index contributed by atoms with van der Waals surface area (Å²) in [5, 5.41) is 20.5. The van der Waals surface area contributed by atoms with Crippen molar-refractivity contribution in [3.05, 3.63) is 0 Å². The van der Waals surface area contributed by atoms with Crippen molar-refractivity contribution >= 4 is 0 Å². The van der Waals surface area contributed by atoms with E-state index in [9.17, 15) is 10.2 Å². The average Bonchev–Trinajstić information content (AvgIpc) is 2.11. The van der Waals surface area contributed by atoms with E-state index in [1.165, 1.54) is 0 Å². The fraction of sp³-hybridized carbons (Fsp3) is 1.00. The summed E-state index contributed by atoms with van der Waals surface area (Å²) in [5.41, 5.74) is -2.54. The molecule has 0 bridgehead atoms. The Morgan fingerprint density at radius 2 is 1.77 bits per heavy atom.